The van der Waals surface area contributed by atoms with Gasteiger partial charge in [0.15, 0.2) is 29.2 Å². The molecule has 1 aliphatic heterocycles. The van der Waals surface area contributed by atoms with E-state index < -0.39 is 11.9 Å². The summed E-state index contributed by atoms with van der Waals surface area (Å²) >= 11 is 0. The van der Waals surface area contributed by atoms with Gasteiger partial charge in [-0.25, -0.2) is 4.39 Å². The molecule has 0 bridgehead atoms. The minimum absolute atomic E-state index is 0.0439. The summed E-state index contributed by atoms with van der Waals surface area (Å²) in [5, 5.41) is 11.9. The third-order valence-corrected chi connectivity index (χ3v) is 3.70. The van der Waals surface area contributed by atoms with Crippen molar-refractivity contribution in [2.24, 2.45) is 0 Å². The Morgan fingerprint density at radius 2 is 1.92 bits per heavy atom. The van der Waals surface area contributed by atoms with Crippen LogP contribution in [0, 0.1) is 5.82 Å². The van der Waals surface area contributed by atoms with Crippen molar-refractivity contribution in [3.63, 3.8) is 0 Å². The topological polar surface area (TPSA) is 64.5 Å². The number of aliphatic hydroxyl groups excluding tert-OH is 1. The van der Waals surface area contributed by atoms with Crippen molar-refractivity contribution in [2.45, 2.75) is 12.2 Å². The van der Waals surface area contributed by atoms with Crippen molar-refractivity contribution in [1.82, 2.24) is 0 Å². The lowest BCUT2D eigenvalue weighted by atomic mass is 10.2. The predicted molar refractivity (Wildman–Crippen MR) is 85.9 cm³/mol. The van der Waals surface area contributed by atoms with E-state index >= 15 is 0 Å². The molecule has 24 heavy (non-hydrogen) atoms. The van der Waals surface area contributed by atoms with Gasteiger partial charge in [0.05, 0.1) is 0 Å². The van der Waals surface area contributed by atoms with E-state index in [9.17, 15) is 9.50 Å². The van der Waals surface area contributed by atoms with Crippen molar-refractivity contribution >= 4 is 0 Å². The van der Waals surface area contributed by atoms with Crippen LogP contribution >= 0.6 is 0 Å². The van der Waals surface area contributed by atoms with Crippen LogP contribution in [0.5, 0.6) is 17.2 Å². The number of benzene rings is 2. The Kier molecular flexibility index (Phi) is 5.51. The molecule has 1 aliphatic rings. The number of fused-ring (bicyclic) bond motifs is 1. The van der Waals surface area contributed by atoms with Crippen LogP contribution in [-0.2, 0) is 0 Å². The standard InChI is InChI=1S/C18H20FNO4/c19-15-5-1-2-6-16(15)22-11-13(21)9-20-10-14-12-23-17-7-3-4-8-18(17)24-14/h1-8,13-14,20-21H,9-12H2/p+1/t13-,14-/m0/s1. The number of nitrogens with two attached hydrogens (primary N) is 1. The number of halogens is 1. The van der Waals surface area contributed by atoms with Gasteiger partial charge < -0.3 is 24.6 Å². The SMILES string of the molecule is O[C@@H](C[NH2+]C[C@H]1COc2ccccc2O1)COc1ccccc1F. The zero-order valence-corrected chi connectivity index (χ0v) is 13.2. The Hall–Kier alpha value is -2.31. The number of quaternary nitrogens is 1. The van der Waals surface area contributed by atoms with Gasteiger partial charge in [-0.3, -0.25) is 0 Å². The first kappa shape index (κ1) is 16.5. The first-order chi connectivity index (χ1) is 11.7. The fraction of sp³-hybridized carbons (Fsp3) is 0.333. The van der Waals surface area contributed by atoms with E-state index in [-0.39, 0.29) is 18.5 Å². The zero-order chi connectivity index (χ0) is 16.8. The second-order valence-corrected chi connectivity index (χ2v) is 5.65. The van der Waals surface area contributed by atoms with Gasteiger partial charge in [-0.2, -0.15) is 0 Å². The molecule has 5 nitrogen and oxygen atoms in total. The van der Waals surface area contributed by atoms with Crippen LogP contribution in [0.15, 0.2) is 48.5 Å². The van der Waals surface area contributed by atoms with Crippen LogP contribution < -0.4 is 19.5 Å². The van der Waals surface area contributed by atoms with E-state index in [0.29, 0.717) is 19.7 Å². The molecule has 0 saturated heterocycles. The molecule has 0 fully saturated rings. The zero-order valence-electron chi connectivity index (χ0n) is 13.2. The van der Waals surface area contributed by atoms with Gasteiger partial charge in [0, 0.05) is 0 Å². The Morgan fingerprint density at radius 3 is 2.75 bits per heavy atom. The minimum Gasteiger partial charge on any atom is -0.488 e. The molecule has 3 rings (SSSR count). The number of ether oxygens (including phenoxy) is 3. The number of para-hydroxylation sites is 3. The van der Waals surface area contributed by atoms with Gasteiger partial charge in [-0.1, -0.05) is 24.3 Å². The molecule has 2 atom stereocenters. The average molecular weight is 334 g/mol. The van der Waals surface area contributed by atoms with Gasteiger partial charge in [-0.15, -0.1) is 0 Å². The Morgan fingerprint density at radius 1 is 1.17 bits per heavy atom. The number of hydrogen-bond acceptors (Lipinski definition) is 4. The summed E-state index contributed by atoms with van der Waals surface area (Å²) in [5.41, 5.74) is 0. The average Bonchev–Trinajstić information content (AvgIpc) is 2.61. The number of aliphatic hydroxyl groups is 1. The third kappa shape index (κ3) is 4.37. The second kappa shape index (κ2) is 7.99. The molecule has 128 valence electrons. The highest BCUT2D eigenvalue weighted by atomic mass is 19.1. The van der Waals surface area contributed by atoms with Crippen molar-refractivity contribution in [2.75, 3.05) is 26.3 Å². The lowest BCUT2D eigenvalue weighted by molar-refractivity contribution is -0.666. The molecule has 0 amide bonds. The summed E-state index contributed by atoms with van der Waals surface area (Å²) in [4.78, 5) is 0. The summed E-state index contributed by atoms with van der Waals surface area (Å²) in [7, 11) is 0. The van der Waals surface area contributed by atoms with E-state index in [4.69, 9.17) is 14.2 Å². The number of hydrogen-bond donors (Lipinski definition) is 2. The van der Waals surface area contributed by atoms with Gasteiger partial charge >= 0.3 is 0 Å². The largest absolute Gasteiger partial charge is 0.488 e. The fourth-order valence-electron chi connectivity index (χ4n) is 2.47. The fourth-order valence-corrected chi connectivity index (χ4v) is 2.47. The maximum Gasteiger partial charge on any atom is 0.181 e. The van der Waals surface area contributed by atoms with E-state index in [0.717, 1.165) is 11.5 Å². The minimum atomic E-state index is -0.693. The molecule has 0 spiro atoms. The van der Waals surface area contributed by atoms with Crippen LogP contribution in [0.25, 0.3) is 0 Å². The molecule has 0 aromatic heterocycles. The van der Waals surface area contributed by atoms with Crippen LogP contribution in [-0.4, -0.2) is 43.6 Å². The highest BCUT2D eigenvalue weighted by Gasteiger charge is 2.22. The van der Waals surface area contributed by atoms with E-state index in [2.05, 4.69) is 0 Å². The smallest absolute Gasteiger partial charge is 0.181 e. The van der Waals surface area contributed by atoms with Gasteiger partial charge in [-0.05, 0) is 24.3 Å². The maximum atomic E-state index is 13.4. The molecule has 3 N–H and O–H groups in total. The lowest BCUT2D eigenvalue weighted by Gasteiger charge is -2.25. The molecule has 6 heteroatoms. The third-order valence-electron chi connectivity index (χ3n) is 3.70. The predicted octanol–water partition coefficient (Wildman–Crippen LogP) is 0.969. The molecule has 0 radical (unpaired) electrons. The molecule has 0 aliphatic carbocycles. The Labute approximate surface area is 140 Å². The quantitative estimate of drug-likeness (QED) is 0.792. The van der Waals surface area contributed by atoms with Crippen LogP contribution in [0.4, 0.5) is 4.39 Å². The monoisotopic (exact) mass is 334 g/mol. The maximum absolute atomic E-state index is 13.4. The van der Waals surface area contributed by atoms with E-state index in [1.807, 2.05) is 29.6 Å². The normalized spacial score (nSPS) is 17.3. The molecular weight excluding hydrogens is 313 g/mol. The van der Waals surface area contributed by atoms with E-state index in [1.165, 1.54) is 12.1 Å². The van der Waals surface area contributed by atoms with E-state index in [1.54, 1.807) is 12.1 Å². The summed E-state index contributed by atoms with van der Waals surface area (Å²) in [6.07, 6.45) is -0.763. The van der Waals surface area contributed by atoms with Gasteiger partial charge in [0.25, 0.3) is 0 Å². The second-order valence-electron chi connectivity index (χ2n) is 5.65. The van der Waals surface area contributed by atoms with Gasteiger partial charge in [0.2, 0.25) is 0 Å². The van der Waals surface area contributed by atoms with Crippen molar-refractivity contribution < 1.29 is 29.0 Å². The molecule has 2 aromatic carbocycles. The van der Waals surface area contributed by atoms with Crippen LogP contribution in [0.1, 0.15) is 0 Å². The molecule has 1 heterocycles. The lowest BCUT2D eigenvalue weighted by Crippen LogP contribution is -2.89. The summed E-state index contributed by atoms with van der Waals surface area (Å²) in [6.45, 7) is 1.62. The molecular formula is C18H21FNO4+. The molecule has 0 unspecified atom stereocenters. The highest BCUT2D eigenvalue weighted by Crippen LogP contribution is 2.30. The van der Waals surface area contributed by atoms with Gasteiger partial charge in [0.1, 0.15) is 32.4 Å². The van der Waals surface area contributed by atoms with Crippen molar-refractivity contribution in [1.29, 1.82) is 0 Å². The first-order valence-electron chi connectivity index (χ1n) is 7.98. The summed E-state index contributed by atoms with van der Waals surface area (Å²) in [6, 6.07) is 13.7. The Balaban J connectivity index is 1.37. The molecule has 2 aromatic rings. The van der Waals surface area contributed by atoms with Crippen molar-refractivity contribution in [3.8, 4) is 17.2 Å². The van der Waals surface area contributed by atoms with Crippen LogP contribution in [0.2, 0.25) is 0 Å². The summed E-state index contributed by atoms with van der Waals surface area (Å²) < 4.78 is 30.2. The summed E-state index contributed by atoms with van der Waals surface area (Å²) in [5.74, 6) is 1.22. The highest BCUT2D eigenvalue weighted by molar-refractivity contribution is 5.40. The van der Waals surface area contributed by atoms with Crippen molar-refractivity contribution in [3.05, 3.63) is 54.3 Å². The molecule has 0 saturated carbocycles. The first-order valence-corrected chi connectivity index (χ1v) is 7.98. The number of rotatable bonds is 7. The van der Waals surface area contributed by atoms with Crippen LogP contribution in [0.3, 0.4) is 0 Å². The Bertz CT molecular complexity index is 667.